The topological polar surface area (TPSA) is 29.1 Å². The number of benzene rings is 1. The smallest absolute Gasteiger partial charge is 0.234 e. The molecule has 0 atom stereocenters. The first-order valence-corrected chi connectivity index (χ1v) is 5.18. The van der Waals surface area contributed by atoms with Crippen molar-refractivity contribution in [2.75, 3.05) is 5.75 Å². The van der Waals surface area contributed by atoms with Gasteiger partial charge in [0.25, 0.3) is 0 Å². The highest BCUT2D eigenvalue weighted by Gasteiger charge is 2.11. The molecular formula is C10H8FNOS. The molecule has 1 aliphatic heterocycles. The van der Waals surface area contributed by atoms with E-state index in [1.165, 1.54) is 23.9 Å². The van der Waals surface area contributed by atoms with Crippen LogP contribution in [0.5, 0.6) is 0 Å². The molecule has 2 rings (SSSR count). The minimum atomic E-state index is -0.274. The summed E-state index contributed by atoms with van der Waals surface area (Å²) in [6.45, 7) is 0. The Labute approximate surface area is 85.2 Å². The second-order valence-electron chi connectivity index (χ2n) is 2.90. The predicted octanol–water partition coefficient (Wildman–Crippen LogP) is 1.99. The Morgan fingerprint density at radius 3 is 2.64 bits per heavy atom. The second kappa shape index (κ2) is 3.84. The molecule has 1 aromatic carbocycles. The van der Waals surface area contributed by atoms with E-state index in [0.717, 1.165) is 11.3 Å². The molecule has 1 aromatic rings. The number of carbonyl (C=O) groups excluding carboxylic acids is 1. The zero-order chi connectivity index (χ0) is 9.97. The van der Waals surface area contributed by atoms with E-state index in [9.17, 15) is 9.18 Å². The van der Waals surface area contributed by atoms with Crippen LogP contribution in [0.3, 0.4) is 0 Å². The van der Waals surface area contributed by atoms with Crippen molar-refractivity contribution >= 4 is 23.4 Å². The number of rotatable bonds is 1. The largest absolute Gasteiger partial charge is 0.324 e. The molecule has 0 unspecified atom stereocenters. The van der Waals surface area contributed by atoms with Crippen LogP contribution in [0.25, 0.3) is 5.70 Å². The van der Waals surface area contributed by atoms with Gasteiger partial charge in [-0.3, -0.25) is 4.79 Å². The van der Waals surface area contributed by atoms with Crippen molar-refractivity contribution in [1.82, 2.24) is 5.32 Å². The first-order valence-electron chi connectivity index (χ1n) is 4.13. The van der Waals surface area contributed by atoms with Crippen LogP contribution < -0.4 is 5.32 Å². The molecule has 14 heavy (non-hydrogen) atoms. The number of carbonyl (C=O) groups is 1. The fraction of sp³-hybridized carbons (Fsp3) is 0.100. The molecule has 1 heterocycles. The van der Waals surface area contributed by atoms with Gasteiger partial charge in [-0.25, -0.2) is 4.39 Å². The number of halogens is 1. The van der Waals surface area contributed by atoms with Gasteiger partial charge in [-0.1, -0.05) is 0 Å². The Hall–Kier alpha value is -1.29. The molecule has 1 N–H and O–H groups in total. The Morgan fingerprint density at radius 2 is 2.00 bits per heavy atom. The molecule has 0 saturated heterocycles. The van der Waals surface area contributed by atoms with Crippen LogP contribution >= 0.6 is 11.8 Å². The van der Waals surface area contributed by atoms with Crippen LogP contribution in [0.15, 0.2) is 29.7 Å². The lowest BCUT2D eigenvalue weighted by molar-refractivity contribution is -0.117. The van der Waals surface area contributed by atoms with Gasteiger partial charge < -0.3 is 5.32 Å². The summed E-state index contributed by atoms with van der Waals surface area (Å²) in [6, 6.07) is 6.05. The third-order valence-corrected chi connectivity index (χ3v) is 2.68. The molecule has 2 nitrogen and oxygen atoms in total. The second-order valence-corrected chi connectivity index (χ2v) is 3.76. The normalized spacial score (nSPS) is 16.1. The highest BCUT2D eigenvalue weighted by atomic mass is 32.2. The summed E-state index contributed by atoms with van der Waals surface area (Å²) in [4.78, 5) is 11.1. The van der Waals surface area contributed by atoms with Crippen LogP contribution in [0, 0.1) is 5.82 Å². The highest BCUT2D eigenvalue weighted by molar-refractivity contribution is 8.03. The average Bonchev–Trinajstić information content (AvgIpc) is 2.19. The van der Waals surface area contributed by atoms with Crippen LogP contribution in [0.1, 0.15) is 5.56 Å². The summed E-state index contributed by atoms with van der Waals surface area (Å²) in [5.74, 6) is 0.158. The average molecular weight is 209 g/mol. The van der Waals surface area contributed by atoms with E-state index < -0.39 is 0 Å². The van der Waals surface area contributed by atoms with E-state index in [0.29, 0.717) is 5.75 Å². The van der Waals surface area contributed by atoms with Crippen molar-refractivity contribution in [2.24, 2.45) is 0 Å². The van der Waals surface area contributed by atoms with Crippen LogP contribution in [0.4, 0.5) is 4.39 Å². The monoisotopic (exact) mass is 209 g/mol. The van der Waals surface area contributed by atoms with Crippen LogP contribution in [-0.4, -0.2) is 11.7 Å². The molecular weight excluding hydrogens is 201 g/mol. The van der Waals surface area contributed by atoms with E-state index >= 15 is 0 Å². The zero-order valence-electron chi connectivity index (χ0n) is 7.29. The van der Waals surface area contributed by atoms with E-state index in [1.54, 1.807) is 12.1 Å². The molecule has 0 aliphatic carbocycles. The number of hydrogen-bond acceptors (Lipinski definition) is 2. The van der Waals surface area contributed by atoms with Gasteiger partial charge in [0, 0.05) is 0 Å². The molecule has 0 spiro atoms. The Bertz CT molecular complexity index is 386. The van der Waals surface area contributed by atoms with E-state index in [-0.39, 0.29) is 11.7 Å². The fourth-order valence-electron chi connectivity index (χ4n) is 1.19. The first-order chi connectivity index (χ1) is 6.75. The van der Waals surface area contributed by atoms with Gasteiger partial charge in [-0.15, -0.1) is 11.8 Å². The van der Waals surface area contributed by atoms with Crippen molar-refractivity contribution in [3.63, 3.8) is 0 Å². The number of hydrogen-bond donors (Lipinski definition) is 1. The standard InChI is InChI=1S/C10H8FNOS/c11-8-3-1-7(2-4-8)9-5-14-6-10(13)12-9/h1-5H,6H2,(H,12,13). The number of nitrogens with one attached hydrogen (secondary N) is 1. The maximum atomic E-state index is 12.6. The van der Waals surface area contributed by atoms with Gasteiger partial charge in [0.15, 0.2) is 0 Å². The van der Waals surface area contributed by atoms with E-state index in [2.05, 4.69) is 5.32 Å². The Morgan fingerprint density at radius 1 is 1.29 bits per heavy atom. The summed E-state index contributed by atoms with van der Waals surface area (Å²) in [5, 5.41) is 4.60. The summed E-state index contributed by atoms with van der Waals surface area (Å²) in [6.07, 6.45) is 0. The highest BCUT2D eigenvalue weighted by Crippen LogP contribution is 2.20. The SMILES string of the molecule is O=C1CSC=C(c2ccc(F)cc2)N1. The Balaban J connectivity index is 2.26. The molecule has 0 saturated carbocycles. The fourth-order valence-corrected chi connectivity index (χ4v) is 1.85. The quantitative estimate of drug-likeness (QED) is 0.766. The summed E-state index contributed by atoms with van der Waals surface area (Å²) >= 11 is 1.44. The van der Waals surface area contributed by atoms with Crippen molar-refractivity contribution in [3.05, 3.63) is 41.1 Å². The van der Waals surface area contributed by atoms with Gasteiger partial charge in [0.2, 0.25) is 5.91 Å². The molecule has 1 amide bonds. The van der Waals surface area contributed by atoms with Crippen molar-refractivity contribution < 1.29 is 9.18 Å². The first kappa shape index (κ1) is 9.27. The molecule has 0 radical (unpaired) electrons. The summed E-state index contributed by atoms with van der Waals surface area (Å²) in [7, 11) is 0. The number of thioether (sulfide) groups is 1. The lowest BCUT2D eigenvalue weighted by Crippen LogP contribution is -2.26. The predicted molar refractivity (Wildman–Crippen MR) is 55.0 cm³/mol. The van der Waals surface area contributed by atoms with Crippen molar-refractivity contribution in [3.8, 4) is 0 Å². The van der Waals surface area contributed by atoms with Gasteiger partial charge in [-0.05, 0) is 35.2 Å². The van der Waals surface area contributed by atoms with Crippen LogP contribution in [0.2, 0.25) is 0 Å². The summed E-state index contributed by atoms with van der Waals surface area (Å²) in [5.41, 5.74) is 1.57. The van der Waals surface area contributed by atoms with E-state index in [4.69, 9.17) is 0 Å². The lowest BCUT2D eigenvalue weighted by atomic mass is 10.2. The maximum Gasteiger partial charge on any atom is 0.234 e. The zero-order valence-corrected chi connectivity index (χ0v) is 8.10. The van der Waals surface area contributed by atoms with Crippen molar-refractivity contribution in [2.45, 2.75) is 0 Å². The summed E-state index contributed by atoms with van der Waals surface area (Å²) < 4.78 is 12.6. The minimum absolute atomic E-state index is 0.0168. The Kier molecular flexibility index (Phi) is 2.54. The molecule has 0 aromatic heterocycles. The molecule has 0 bridgehead atoms. The lowest BCUT2D eigenvalue weighted by Gasteiger charge is -2.13. The molecule has 4 heteroatoms. The number of amides is 1. The minimum Gasteiger partial charge on any atom is -0.324 e. The van der Waals surface area contributed by atoms with Gasteiger partial charge >= 0.3 is 0 Å². The van der Waals surface area contributed by atoms with Gasteiger partial charge in [0.05, 0.1) is 11.4 Å². The van der Waals surface area contributed by atoms with Gasteiger partial charge in [-0.2, -0.15) is 0 Å². The van der Waals surface area contributed by atoms with Crippen molar-refractivity contribution in [1.29, 1.82) is 0 Å². The van der Waals surface area contributed by atoms with E-state index in [1.807, 2.05) is 5.41 Å². The third kappa shape index (κ3) is 1.96. The maximum absolute atomic E-state index is 12.6. The molecule has 1 aliphatic rings. The van der Waals surface area contributed by atoms with Crippen LogP contribution in [-0.2, 0) is 4.79 Å². The molecule has 0 fully saturated rings. The van der Waals surface area contributed by atoms with Gasteiger partial charge in [0.1, 0.15) is 5.82 Å². The third-order valence-electron chi connectivity index (χ3n) is 1.84. The molecule has 72 valence electrons.